The van der Waals surface area contributed by atoms with Gasteiger partial charge in [-0.05, 0) is 37.6 Å². The maximum absolute atomic E-state index is 13.4. The van der Waals surface area contributed by atoms with Crippen LogP contribution in [0.3, 0.4) is 0 Å². The Labute approximate surface area is 194 Å². The van der Waals surface area contributed by atoms with Gasteiger partial charge in [0.1, 0.15) is 18.3 Å². The molecule has 1 N–H and O–H groups in total. The quantitative estimate of drug-likeness (QED) is 0.562. The van der Waals surface area contributed by atoms with E-state index in [2.05, 4.69) is 5.32 Å². The fourth-order valence-electron chi connectivity index (χ4n) is 3.14. The van der Waals surface area contributed by atoms with Crippen molar-refractivity contribution in [3.8, 4) is 5.75 Å². The van der Waals surface area contributed by atoms with Crippen LogP contribution in [0.2, 0.25) is 5.02 Å². The molecule has 2 amide bonds. The summed E-state index contributed by atoms with van der Waals surface area (Å²) >= 11 is 6.08. The molecule has 8 nitrogen and oxygen atoms in total. The Kier molecular flexibility index (Phi) is 8.91. The zero-order valence-corrected chi connectivity index (χ0v) is 20.1. The van der Waals surface area contributed by atoms with Crippen molar-refractivity contribution >= 4 is 39.1 Å². The fourth-order valence-corrected chi connectivity index (χ4v) is 4.15. The summed E-state index contributed by atoms with van der Waals surface area (Å²) in [6.07, 6.45) is 0.995. The Morgan fingerprint density at radius 3 is 2.38 bits per heavy atom. The lowest BCUT2D eigenvalue weighted by molar-refractivity contribution is -0.139. The van der Waals surface area contributed by atoms with Gasteiger partial charge in [-0.1, -0.05) is 41.9 Å². The van der Waals surface area contributed by atoms with Crippen LogP contribution in [-0.2, 0) is 26.2 Å². The van der Waals surface area contributed by atoms with Gasteiger partial charge in [-0.15, -0.1) is 0 Å². The second-order valence-electron chi connectivity index (χ2n) is 7.16. The summed E-state index contributed by atoms with van der Waals surface area (Å²) < 4.78 is 31.4. The molecule has 0 aliphatic carbocycles. The van der Waals surface area contributed by atoms with Crippen molar-refractivity contribution in [2.75, 3.05) is 30.8 Å². The Balaban J connectivity index is 2.44. The molecule has 0 saturated heterocycles. The number of rotatable bonds is 10. The summed E-state index contributed by atoms with van der Waals surface area (Å²) in [5.74, 6) is -0.623. The molecule has 0 bridgehead atoms. The van der Waals surface area contributed by atoms with Crippen molar-refractivity contribution in [1.29, 1.82) is 0 Å². The van der Waals surface area contributed by atoms with Crippen LogP contribution in [0.5, 0.6) is 5.75 Å². The normalized spacial score (nSPS) is 12.0. The number of methoxy groups -OCH3 is 1. The van der Waals surface area contributed by atoms with E-state index in [1.807, 2.05) is 30.3 Å². The van der Waals surface area contributed by atoms with Crippen LogP contribution in [0.15, 0.2) is 48.5 Å². The number of halogens is 1. The van der Waals surface area contributed by atoms with Gasteiger partial charge in [-0.2, -0.15) is 0 Å². The van der Waals surface area contributed by atoms with Crippen molar-refractivity contribution in [1.82, 2.24) is 10.2 Å². The van der Waals surface area contributed by atoms with E-state index >= 15 is 0 Å². The average molecular weight is 482 g/mol. The van der Waals surface area contributed by atoms with Crippen LogP contribution in [0, 0.1) is 0 Å². The number of carbonyl (C=O) groups is 2. The minimum Gasteiger partial charge on any atom is -0.495 e. The maximum atomic E-state index is 13.4. The van der Waals surface area contributed by atoms with Gasteiger partial charge in [0, 0.05) is 18.1 Å². The number of nitrogens with one attached hydrogen (secondary N) is 1. The zero-order valence-electron chi connectivity index (χ0n) is 18.5. The highest BCUT2D eigenvalue weighted by atomic mass is 35.5. The van der Waals surface area contributed by atoms with E-state index < -0.39 is 28.5 Å². The third-order valence-electron chi connectivity index (χ3n) is 4.80. The highest BCUT2D eigenvalue weighted by molar-refractivity contribution is 7.92. The van der Waals surface area contributed by atoms with E-state index in [9.17, 15) is 18.0 Å². The molecule has 0 aliphatic heterocycles. The van der Waals surface area contributed by atoms with Crippen LogP contribution in [0.4, 0.5) is 5.69 Å². The predicted octanol–water partition coefficient (Wildman–Crippen LogP) is 2.67. The van der Waals surface area contributed by atoms with Gasteiger partial charge >= 0.3 is 0 Å². The monoisotopic (exact) mass is 481 g/mol. The van der Waals surface area contributed by atoms with Crippen molar-refractivity contribution in [2.24, 2.45) is 0 Å². The maximum Gasteiger partial charge on any atom is 0.244 e. The van der Waals surface area contributed by atoms with E-state index in [1.54, 1.807) is 19.9 Å². The number of hydrogen-bond donors (Lipinski definition) is 1. The smallest absolute Gasteiger partial charge is 0.244 e. The lowest BCUT2D eigenvalue weighted by Gasteiger charge is -2.31. The van der Waals surface area contributed by atoms with Crippen molar-refractivity contribution < 1.29 is 22.7 Å². The van der Waals surface area contributed by atoms with Crippen molar-refractivity contribution in [3.05, 3.63) is 59.1 Å². The minimum atomic E-state index is -3.88. The summed E-state index contributed by atoms with van der Waals surface area (Å²) in [4.78, 5) is 27.2. The van der Waals surface area contributed by atoms with Gasteiger partial charge in [0.15, 0.2) is 0 Å². The molecule has 10 heteroatoms. The van der Waals surface area contributed by atoms with E-state index in [1.165, 1.54) is 24.1 Å². The Hall–Kier alpha value is -2.78. The van der Waals surface area contributed by atoms with E-state index in [4.69, 9.17) is 16.3 Å². The summed E-state index contributed by atoms with van der Waals surface area (Å²) in [7, 11) is -2.48. The molecule has 32 heavy (non-hydrogen) atoms. The number of hydrogen-bond acceptors (Lipinski definition) is 5. The molecule has 0 spiro atoms. The standard InChI is InChI=1S/C22H28ClN3O5S/c1-5-24-22(28)16(2)25(14-17-9-7-6-8-10-17)21(27)15-26(32(4,29)30)19-13-18(23)11-12-20(19)31-3/h6-13,16H,5,14-15H2,1-4H3,(H,24,28)/t16-/m0/s1. The molecular weight excluding hydrogens is 454 g/mol. The summed E-state index contributed by atoms with van der Waals surface area (Å²) in [6.45, 7) is 3.42. The number of nitrogens with zero attached hydrogens (tertiary/aromatic N) is 2. The predicted molar refractivity (Wildman–Crippen MR) is 125 cm³/mol. The van der Waals surface area contributed by atoms with Gasteiger partial charge in [0.2, 0.25) is 21.8 Å². The number of anilines is 1. The Bertz CT molecular complexity index is 1050. The van der Waals surface area contributed by atoms with Crippen LogP contribution in [0.25, 0.3) is 0 Å². The summed E-state index contributed by atoms with van der Waals surface area (Å²) in [5, 5.41) is 3.00. The molecule has 2 aromatic rings. The van der Waals surface area contributed by atoms with Crippen LogP contribution in [0.1, 0.15) is 19.4 Å². The van der Waals surface area contributed by atoms with Crippen molar-refractivity contribution in [2.45, 2.75) is 26.4 Å². The first-order chi connectivity index (χ1) is 15.1. The second-order valence-corrected chi connectivity index (χ2v) is 9.51. The third kappa shape index (κ3) is 6.61. The van der Waals surface area contributed by atoms with Gasteiger partial charge in [0.25, 0.3) is 0 Å². The average Bonchev–Trinajstić information content (AvgIpc) is 2.75. The molecule has 0 aliphatic rings. The minimum absolute atomic E-state index is 0.140. The molecule has 2 aromatic carbocycles. The molecule has 0 unspecified atom stereocenters. The first kappa shape index (κ1) is 25.5. The molecule has 0 saturated carbocycles. The number of likely N-dealkylation sites (N-methyl/N-ethyl adjacent to an activating group) is 1. The van der Waals surface area contributed by atoms with Gasteiger partial charge < -0.3 is 15.0 Å². The molecule has 0 heterocycles. The topological polar surface area (TPSA) is 96.0 Å². The van der Waals surface area contributed by atoms with Crippen LogP contribution < -0.4 is 14.4 Å². The van der Waals surface area contributed by atoms with E-state index in [-0.39, 0.29) is 23.9 Å². The van der Waals surface area contributed by atoms with E-state index in [0.29, 0.717) is 11.6 Å². The number of benzene rings is 2. The molecule has 1 atom stereocenters. The molecule has 0 radical (unpaired) electrons. The lowest BCUT2D eigenvalue weighted by atomic mass is 10.1. The molecule has 0 fully saturated rings. The van der Waals surface area contributed by atoms with Crippen molar-refractivity contribution in [3.63, 3.8) is 0 Å². The first-order valence-corrected chi connectivity index (χ1v) is 12.2. The fraction of sp³-hybridized carbons (Fsp3) is 0.364. The molecule has 0 aromatic heterocycles. The third-order valence-corrected chi connectivity index (χ3v) is 6.16. The summed E-state index contributed by atoms with van der Waals surface area (Å²) in [6, 6.07) is 12.9. The molecule has 2 rings (SSSR count). The molecular formula is C22H28ClN3O5S. The van der Waals surface area contributed by atoms with Gasteiger partial charge in [0.05, 0.1) is 19.1 Å². The van der Waals surface area contributed by atoms with E-state index in [0.717, 1.165) is 16.1 Å². The first-order valence-electron chi connectivity index (χ1n) is 10.0. The van der Waals surface area contributed by atoms with Crippen LogP contribution >= 0.6 is 11.6 Å². The van der Waals surface area contributed by atoms with Gasteiger partial charge in [-0.3, -0.25) is 13.9 Å². The largest absolute Gasteiger partial charge is 0.495 e. The number of carbonyl (C=O) groups excluding carboxylic acids is 2. The zero-order chi connectivity index (χ0) is 23.9. The Morgan fingerprint density at radius 2 is 1.81 bits per heavy atom. The number of sulfonamides is 1. The highest BCUT2D eigenvalue weighted by Gasteiger charge is 2.31. The molecule has 174 valence electrons. The number of ether oxygens (including phenoxy) is 1. The van der Waals surface area contributed by atoms with Gasteiger partial charge in [-0.25, -0.2) is 8.42 Å². The lowest BCUT2D eigenvalue weighted by Crippen LogP contribution is -2.51. The van der Waals surface area contributed by atoms with Crippen LogP contribution in [-0.4, -0.2) is 57.6 Å². The highest BCUT2D eigenvalue weighted by Crippen LogP contribution is 2.33. The summed E-state index contributed by atoms with van der Waals surface area (Å²) in [5.41, 5.74) is 0.949. The number of amides is 2. The Morgan fingerprint density at radius 1 is 1.16 bits per heavy atom. The SMILES string of the molecule is CCNC(=O)[C@H](C)N(Cc1ccccc1)C(=O)CN(c1cc(Cl)ccc1OC)S(C)(=O)=O. The second kappa shape index (κ2) is 11.2.